The molecule has 3 N–H and O–H groups in total. The first-order valence-electron chi connectivity index (χ1n) is 12.7. The minimum atomic E-state index is -0.590. The molecule has 1 aliphatic heterocycles. The lowest BCUT2D eigenvalue weighted by Gasteiger charge is -2.22. The quantitative estimate of drug-likeness (QED) is 0.307. The van der Waals surface area contributed by atoms with E-state index >= 15 is 0 Å². The fourth-order valence-corrected chi connectivity index (χ4v) is 5.22. The molecule has 0 fully saturated rings. The number of aliphatic hydroxyl groups is 1. The molecule has 0 spiro atoms. The Kier molecular flexibility index (Phi) is 6.62. The van der Waals surface area contributed by atoms with Crippen LogP contribution in [0.4, 0.5) is 5.69 Å². The van der Waals surface area contributed by atoms with Gasteiger partial charge in [-0.3, -0.25) is 14.9 Å². The lowest BCUT2D eigenvalue weighted by molar-refractivity contribution is -0.122. The van der Waals surface area contributed by atoms with Crippen LogP contribution in [0.5, 0.6) is 0 Å². The summed E-state index contributed by atoms with van der Waals surface area (Å²) < 4.78 is 2.00. The van der Waals surface area contributed by atoms with E-state index in [2.05, 4.69) is 35.1 Å². The number of amides is 2. The highest BCUT2D eigenvalue weighted by atomic mass is 16.3. The Balaban J connectivity index is 1.69. The summed E-state index contributed by atoms with van der Waals surface area (Å²) in [7, 11) is 3.95. The number of nitrogens with zero attached hydrogens (tertiary/aromatic N) is 3. The highest BCUT2D eigenvalue weighted by Gasteiger charge is 2.35. The molecule has 0 saturated carbocycles. The summed E-state index contributed by atoms with van der Waals surface area (Å²) in [6.45, 7) is 6.81. The van der Waals surface area contributed by atoms with E-state index in [0.717, 1.165) is 40.6 Å². The van der Waals surface area contributed by atoms with Gasteiger partial charge < -0.3 is 24.5 Å². The Hall–Kier alpha value is -3.88. The number of aromatic amines is 1. The van der Waals surface area contributed by atoms with Crippen molar-refractivity contribution in [2.45, 2.75) is 26.5 Å². The second kappa shape index (κ2) is 9.88. The number of benzene rings is 2. The highest BCUT2D eigenvalue weighted by molar-refractivity contribution is 6.50. The van der Waals surface area contributed by atoms with Crippen LogP contribution in [-0.4, -0.2) is 71.2 Å². The Morgan fingerprint density at radius 3 is 2.35 bits per heavy atom. The van der Waals surface area contributed by atoms with Gasteiger partial charge in [0.2, 0.25) is 0 Å². The number of aliphatic hydroxyl groups excluding tert-OH is 1. The molecule has 192 valence electrons. The normalized spacial score (nSPS) is 14.9. The van der Waals surface area contributed by atoms with Crippen molar-refractivity contribution in [3.05, 3.63) is 66.0 Å². The van der Waals surface area contributed by atoms with Crippen LogP contribution in [0.3, 0.4) is 0 Å². The number of H-pyrrole nitrogens is 1. The number of imide groups is 1. The van der Waals surface area contributed by atoms with Crippen molar-refractivity contribution in [2.75, 3.05) is 38.6 Å². The van der Waals surface area contributed by atoms with Crippen LogP contribution in [0.1, 0.15) is 25.0 Å². The molecule has 1 unspecified atom stereocenters. The maximum Gasteiger partial charge on any atom is 0.259 e. The van der Waals surface area contributed by atoms with Gasteiger partial charge in [-0.1, -0.05) is 38.1 Å². The average molecular weight is 500 g/mol. The minimum Gasteiger partial charge on any atom is -0.390 e. The molecular weight excluding hydrogens is 466 g/mol. The molecule has 2 amide bonds. The maximum atomic E-state index is 13.2. The number of anilines is 1. The Bertz CT molecular complexity index is 1520. The van der Waals surface area contributed by atoms with E-state index in [1.54, 1.807) is 6.20 Å². The van der Waals surface area contributed by atoms with Crippen LogP contribution in [0, 0.1) is 0 Å². The van der Waals surface area contributed by atoms with Gasteiger partial charge in [-0.15, -0.1) is 0 Å². The predicted octanol–water partition coefficient (Wildman–Crippen LogP) is 3.46. The van der Waals surface area contributed by atoms with Gasteiger partial charge in [0.25, 0.3) is 11.8 Å². The second-order valence-corrected chi connectivity index (χ2v) is 9.71. The largest absolute Gasteiger partial charge is 0.390 e. The van der Waals surface area contributed by atoms with E-state index in [9.17, 15) is 14.7 Å². The summed E-state index contributed by atoms with van der Waals surface area (Å²) in [5.41, 5.74) is 4.90. The molecule has 0 bridgehead atoms. The fraction of sp³-hybridized carbons (Fsp3) is 0.310. The summed E-state index contributed by atoms with van der Waals surface area (Å²) in [5, 5.41) is 15.2. The minimum absolute atomic E-state index is 0.356. The van der Waals surface area contributed by atoms with Crippen LogP contribution < -0.4 is 10.2 Å². The second-order valence-electron chi connectivity index (χ2n) is 9.71. The molecule has 0 radical (unpaired) electrons. The van der Waals surface area contributed by atoms with Gasteiger partial charge in [-0.2, -0.15) is 0 Å². The molecule has 4 aromatic rings. The number of carbonyl (C=O) groups is 2. The van der Waals surface area contributed by atoms with Crippen molar-refractivity contribution in [2.24, 2.45) is 0 Å². The number of rotatable bonds is 9. The van der Waals surface area contributed by atoms with E-state index < -0.39 is 17.9 Å². The van der Waals surface area contributed by atoms with E-state index in [4.69, 9.17) is 0 Å². The Morgan fingerprint density at radius 2 is 1.65 bits per heavy atom. The van der Waals surface area contributed by atoms with E-state index in [-0.39, 0.29) is 0 Å². The molecule has 0 aliphatic carbocycles. The number of hydrogen-bond donors (Lipinski definition) is 3. The molecular formula is C29H33N5O3. The molecule has 2 aromatic carbocycles. The molecule has 0 saturated heterocycles. The van der Waals surface area contributed by atoms with Gasteiger partial charge in [-0.05, 0) is 31.3 Å². The number of nitrogens with one attached hydrogen (secondary N) is 2. The third kappa shape index (κ3) is 4.43. The lowest BCUT2D eigenvalue weighted by atomic mass is 9.95. The van der Waals surface area contributed by atoms with Gasteiger partial charge >= 0.3 is 0 Å². The van der Waals surface area contributed by atoms with Gasteiger partial charge in [-0.25, -0.2) is 0 Å². The Morgan fingerprint density at radius 1 is 0.946 bits per heavy atom. The van der Waals surface area contributed by atoms with Gasteiger partial charge in [0.1, 0.15) is 0 Å². The zero-order chi connectivity index (χ0) is 26.3. The van der Waals surface area contributed by atoms with Crippen molar-refractivity contribution in [3.63, 3.8) is 0 Å². The van der Waals surface area contributed by atoms with Gasteiger partial charge in [0.05, 0.1) is 22.8 Å². The number of aromatic nitrogens is 2. The first kappa shape index (κ1) is 24.8. The lowest BCUT2D eigenvalue weighted by Crippen LogP contribution is -2.34. The summed E-state index contributed by atoms with van der Waals surface area (Å²) >= 11 is 0. The van der Waals surface area contributed by atoms with Gasteiger partial charge in [0, 0.05) is 72.7 Å². The maximum absolute atomic E-state index is 13.2. The van der Waals surface area contributed by atoms with Crippen molar-refractivity contribution in [1.82, 2.24) is 19.8 Å². The average Bonchev–Trinajstić information content (AvgIpc) is 3.54. The van der Waals surface area contributed by atoms with Crippen LogP contribution in [0.2, 0.25) is 0 Å². The van der Waals surface area contributed by atoms with Crippen LogP contribution in [-0.2, 0) is 16.1 Å². The monoisotopic (exact) mass is 499 g/mol. The standard InChI is InChI=1S/C29H33N5O3/c1-5-33(6-2)15-19(35)16-34-17-23(21-12-11-18(32(3)4)13-25(21)34)27-26(28(36)31-29(27)37)22-14-30-24-10-8-7-9-20(22)24/h7-14,17,19,30,35H,5-6,15-16H2,1-4H3,(H,31,36,37). The summed E-state index contributed by atoms with van der Waals surface area (Å²) in [5.74, 6) is -0.818. The molecule has 1 atom stereocenters. The molecule has 5 rings (SSSR count). The highest BCUT2D eigenvalue weighted by Crippen LogP contribution is 2.39. The SMILES string of the molecule is CCN(CC)CC(O)Cn1cc(C2=C(c3c[nH]c4ccccc34)C(=O)NC2=O)c2ccc(N(C)C)cc21. The fourth-order valence-electron chi connectivity index (χ4n) is 5.22. The van der Waals surface area contributed by atoms with Crippen molar-refractivity contribution in [1.29, 1.82) is 0 Å². The van der Waals surface area contributed by atoms with E-state index in [1.165, 1.54) is 0 Å². The number of carbonyl (C=O) groups excluding carboxylic acids is 2. The van der Waals surface area contributed by atoms with Crippen LogP contribution in [0.25, 0.3) is 33.0 Å². The molecule has 37 heavy (non-hydrogen) atoms. The third-order valence-corrected chi connectivity index (χ3v) is 7.21. The summed E-state index contributed by atoms with van der Waals surface area (Å²) in [4.78, 5) is 33.7. The smallest absolute Gasteiger partial charge is 0.259 e. The topological polar surface area (TPSA) is 93.6 Å². The Labute approximate surface area is 216 Å². The number of para-hydroxylation sites is 1. The first-order chi connectivity index (χ1) is 17.8. The van der Waals surface area contributed by atoms with Crippen molar-refractivity contribution < 1.29 is 14.7 Å². The molecule has 3 heterocycles. The van der Waals surface area contributed by atoms with E-state index in [0.29, 0.717) is 35.4 Å². The molecule has 2 aromatic heterocycles. The third-order valence-electron chi connectivity index (χ3n) is 7.21. The molecule has 1 aliphatic rings. The summed E-state index contributed by atoms with van der Waals surface area (Å²) in [6.07, 6.45) is 3.10. The van der Waals surface area contributed by atoms with Crippen molar-refractivity contribution >= 4 is 50.5 Å². The first-order valence-corrected chi connectivity index (χ1v) is 12.7. The molecule has 8 nitrogen and oxygen atoms in total. The zero-order valence-electron chi connectivity index (χ0n) is 21.7. The molecule has 8 heteroatoms. The predicted molar refractivity (Wildman–Crippen MR) is 148 cm³/mol. The number of hydrogen-bond acceptors (Lipinski definition) is 5. The van der Waals surface area contributed by atoms with Gasteiger partial charge in [0.15, 0.2) is 0 Å². The van der Waals surface area contributed by atoms with Crippen molar-refractivity contribution in [3.8, 4) is 0 Å². The number of fused-ring (bicyclic) bond motifs is 2. The zero-order valence-corrected chi connectivity index (χ0v) is 21.7. The van der Waals surface area contributed by atoms with Crippen LogP contribution in [0.15, 0.2) is 54.9 Å². The van der Waals surface area contributed by atoms with Crippen LogP contribution >= 0.6 is 0 Å². The summed E-state index contributed by atoms with van der Waals surface area (Å²) in [6, 6.07) is 13.8. The number of likely N-dealkylation sites (N-methyl/N-ethyl adjacent to an activating group) is 1. The van der Waals surface area contributed by atoms with E-state index in [1.807, 2.05) is 66.2 Å².